The summed E-state index contributed by atoms with van der Waals surface area (Å²) in [6.45, 7) is 0.957. The van der Waals surface area contributed by atoms with E-state index in [2.05, 4.69) is 34.7 Å². The molecule has 0 unspecified atom stereocenters. The molecule has 0 radical (unpaired) electrons. The van der Waals surface area contributed by atoms with Crippen LogP contribution in [-0.2, 0) is 9.53 Å². The molecule has 1 saturated carbocycles. The van der Waals surface area contributed by atoms with E-state index in [1.165, 1.54) is 12.7 Å². The number of nitrogens with one attached hydrogen (secondary N) is 2. The van der Waals surface area contributed by atoms with Crippen molar-refractivity contribution in [2.75, 3.05) is 20.7 Å². The fraction of sp³-hybridized carbons (Fsp3) is 0.579. The largest absolute Gasteiger partial charge is 0.469 e. The van der Waals surface area contributed by atoms with E-state index in [9.17, 15) is 9.59 Å². The number of ether oxygens (including phenoxy) is 1. The van der Waals surface area contributed by atoms with Gasteiger partial charge >= 0.3 is 12.0 Å². The number of benzene rings is 1. The zero-order valence-electron chi connectivity index (χ0n) is 14.9. The smallest absolute Gasteiger partial charge is 0.315 e. The van der Waals surface area contributed by atoms with E-state index < -0.39 is 0 Å². The number of rotatable bonds is 4. The Morgan fingerprint density at radius 2 is 1.88 bits per heavy atom. The van der Waals surface area contributed by atoms with Crippen molar-refractivity contribution >= 4 is 12.0 Å². The lowest BCUT2D eigenvalue weighted by Gasteiger charge is -2.26. The SMILES string of the molecule is COC(=O)[C@H]1CC[C@@H](NC(=O)N[C@@H]2CCN(C)[C@@H]2c2ccccc2)C1. The molecule has 3 rings (SSSR count). The summed E-state index contributed by atoms with van der Waals surface area (Å²) in [6.07, 6.45) is 3.18. The van der Waals surface area contributed by atoms with Gasteiger partial charge in [-0.2, -0.15) is 0 Å². The zero-order chi connectivity index (χ0) is 17.8. The van der Waals surface area contributed by atoms with Gasteiger partial charge in [0.2, 0.25) is 0 Å². The fourth-order valence-electron chi connectivity index (χ4n) is 4.12. The van der Waals surface area contributed by atoms with Crippen LogP contribution in [0.3, 0.4) is 0 Å². The molecule has 1 saturated heterocycles. The van der Waals surface area contributed by atoms with Crippen LogP contribution < -0.4 is 10.6 Å². The van der Waals surface area contributed by atoms with E-state index in [1.807, 2.05) is 18.2 Å². The molecule has 6 heteroatoms. The quantitative estimate of drug-likeness (QED) is 0.820. The number of urea groups is 1. The van der Waals surface area contributed by atoms with E-state index in [-0.39, 0.29) is 36.0 Å². The summed E-state index contributed by atoms with van der Waals surface area (Å²) in [5.41, 5.74) is 1.22. The van der Waals surface area contributed by atoms with Gasteiger partial charge in [0.1, 0.15) is 0 Å². The second kappa shape index (κ2) is 7.87. The lowest BCUT2D eigenvalue weighted by Crippen LogP contribution is -2.47. The van der Waals surface area contributed by atoms with Gasteiger partial charge in [-0.25, -0.2) is 4.79 Å². The third-order valence-corrected chi connectivity index (χ3v) is 5.41. The van der Waals surface area contributed by atoms with Crippen LogP contribution in [-0.4, -0.2) is 49.7 Å². The first-order valence-electron chi connectivity index (χ1n) is 8.98. The van der Waals surface area contributed by atoms with Crippen LogP contribution in [0.25, 0.3) is 0 Å². The molecule has 1 aromatic carbocycles. The predicted molar refractivity (Wildman–Crippen MR) is 95.0 cm³/mol. The minimum atomic E-state index is -0.175. The van der Waals surface area contributed by atoms with Crippen molar-refractivity contribution in [2.24, 2.45) is 5.92 Å². The van der Waals surface area contributed by atoms with E-state index in [1.54, 1.807) is 0 Å². The molecule has 25 heavy (non-hydrogen) atoms. The van der Waals surface area contributed by atoms with Crippen LogP contribution in [0.5, 0.6) is 0 Å². The Balaban J connectivity index is 1.55. The van der Waals surface area contributed by atoms with E-state index in [0.29, 0.717) is 6.42 Å². The highest BCUT2D eigenvalue weighted by Crippen LogP contribution is 2.31. The first-order chi connectivity index (χ1) is 12.1. The van der Waals surface area contributed by atoms with Crippen LogP contribution >= 0.6 is 0 Å². The average Bonchev–Trinajstić information content (AvgIpc) is 3.22. The van der Waals surface area contributed by atoms with Crippen molar-refractivity contribution in [3.05, 3.63) is 35.9 Å². The van der Waals surface area contributed by atoms with Crippen LogP contribution in [0.2, 0.25) is 0 Å². The van der Waals surface area contributed by atoms with Crippen molar-refractivity contribution in [3.63, 3.8) is 0 Å². The van der Waals surface area contributed by atoms with Gasteiger partial charge in [-0.3, -0.25) is 9.69 Å². The van der Waals surface area contributed by atoms with Crippen molar-refractivity contribution in [3.8, 4) is 0 Å². The third-order valence-electron chi connectivity index (χ3n) is 5.41. The third kappa shape index (κ3) is 4.12. The number of likely N-dealkylation sites (tertiary alicyclic amines) is 1. The zero-order valence-corrected chi connectivity index (χ0v) is 14.9. The second-order valence-corrected chi connectivity index (χ2v) is 7.08. The molecule has 1 heterocycles. The molecule has 1 aromatic rings. The van der Waals surface area contributed by atoms with Crippen molar-refractivity contribution in [2.45, 2.75) is 43.8 Å². The van der Waals surface area contributed by atoms with E-state index >= 15 is 0 Å². The summed E-state index contributed by atoms with van der Waals surface area (Å²) in [6, 6.07) is 10.5. The number of likely N-dealkylation sites (N-methyl/N-ethyl adjacent to an activating group) is 1. The Bertz CT molecular complexity index is 607. The number of carbonyl (C=O) groups excluding carboxylic acids is 2. The second-order valence-electron chi connectivity index (χ2n) is 7.08. The molecule has 2 fully saturated rings. The number of hydrogen-bond donors (Lipinski definition) is 2. The Hall–Kier alpha value is -2.08. The van der Waals surface area contributed by atoms with Gasteiger partial charge in [-0.1, -0.05) is 30.3 Å². The molecule has 2 amide bonds. The summed E-state index contributed by atoms with van der Waals surface area (Å²) in [5.74, 6) is -0.267. The minimum Gasteiger partial charge on any atom is -0.469 e. The molecule has 2 aliphatic rings. The molecule has 0 spiro atoms. The monoisotopic (exact) mass is 345 g/mol. The van der Waals surface area contributed by atoms with Crippen molar-refractivity contribution in [1.82, 2.24) is 15.5 Å². The maximum Gasteiger partial charge on any atom is 0.315 e. The van der Waals surface area contributed by atoms with Crippen LogP contribution in [0.4, 0.5) is 4.79 Å². The van der Waals surface area contributed by atoms with Gasteiger partial charge < -0.3 is 15.4 Å². The number of esters is 1. The van der Waals surface area contributed by atoms with Crippen molar-refractivity contribution in [1.29, 1.82) is 0 Å². The van der Waals surface area contributed by atoms with Crippen molar-refractivity contribution < 1.29 is 14.3 Å². The Morgan fingerprint density at radius 1 is 1.12 bits per heavy atom. The standard InChI is InChI=1S/C19H27N3O3/c1-22-11-10-16(17(22)13-6-4-3-5-7-13)21-19(24)20-15-9-8-14(12-15)18(23)25-2/h3-7,14-17H,8-12H2,1-2H3,(H2,20,21,24)/t14-,15+,16+,17+/m0/s1. The first kappa shape index (κ1) is 17.7. The lowest BCUT2D eigenvalue weighted by atomic mass is 10.0. The van der Waals surface area contributed by atoms with Crippen LogP contribution in [0, 0.1) is 5.92 Å². The summed E-state index contributed by atoms with van der Waals surface area (Å²) >= 11 is 0. The summed E-state index contributed by atoms with van der Waals surface area (Å²) in [4.78, 5) is 26.3. The molecule has 4 atom stereocenters. The minimum absolute atomic E-state index is 0.0402. The normalized spacial score (nSPS) is 29.4. The van der Waals surface area contributed by atoms with Gasteiger partial charge in [0.15, 0.2) is 0 Å². The number of nitrogens with zero attached hydrogens (tertiary/aromatic N) is 1. The maximum atomic E-state index is 12.4. The van der Waals surface area contributed by atoms with Gasteiger partial charge in [0.25, 0.3) is 0 Å². The predicted octanol–water partition coefficient (Wildman–Crippen LogP) is 2.07. The highest BCUT2D eigenvalue weighted by Gasteiger charge is 2.35. The Kier molecular flexibility index (Phi) is 5.58. The molecule has 2 N–H and O–H groups in total. The lowest BCUT2D eigenvalue weighted by molar-refractivity contribution is -0.145. The number of carbonyl (C=O) groups is 2. The summed E-state index contributed by atoms with van der Waals surface area (Å²) in [7, 11) is 3.51. The first-order valence-corrected chi connectivity index (χ1v) is 8.98. The molecule has 0 aromatic heterocycles. The Morgan fingerprint density at radius 3 is 2.60 bits per heavy atom. The summed E-state index contributed by atoms with van der Waals surface area (Å²) in [5, 5.41) is 6.16. The molecule has 1 aliphatic heterocycles. The van der Waals surface area contributed by atoms with Gasteiger partial charge in [0.05, 0.1) is 25.1 Å². The van der Waals surface area contributed by atoms with Gasteiger partial charge in [-0.05, 0) is 38.3 Å². The molecule has 0 bridgehead atoms. The van der Waals surface area contributed by atoms with Gasteiger partial charge in [0, 0.05) is 12.6 Å². The van der Waals surface area contributed by atoms with E-state index in [4.69, 9.17) is 4.74 Å². The molecular weight excluding hydrogens is 318 g/mol. The van der Waals surface area contributed by atoms with Crippen LogP contribution in [0.15, 0.2) is 30.3 Å². The fourth-order valence-corrected chi connectivity index (χ4v) is 4.12. The molecule has 1 aliphatic carbocycles. The highest BCUT2D eigenvalue weighted by molar-refractivity contribution is 5.76. The van der Waals surface area contributed by atoms with Crippen LogP contribution in [0.1, 0.15) is 37.3 Å². The summed E-state index contributed by atoms with van der Waals surface area (Å²) < 4.78 is 4.80. The maximum absolute atomic E-state index is 12.4. The van der Waals surface area contributed by atoms with E-state index in [0.717, 1.165) is 25.8 Å². The highest BCUT2D eigenvalue weighted by atomic mass is 16.5. The number of hydrogen-bond acceptors (Lipinski definition) is 4. The average molecular weight is 345 g/mol. The molecule has 136 valence electrons. The molecular formula is C19H27N3O3. The number of methoxy groups -OCH3 is 1. The molecule has 6 nitrogen and oxygen atoms in total. The van der Waals surface area contributed by atoms with Gasteiger partial charge in [-0.15, -0.1) is 0 Å². The Labute approximate surface area is 148 Å². The number of amides is 2. The topological polar surface area (TPSA) is 70.7 Å².